The summed E-state index contributed by atoms with van der Waals surface area (Å²) in [4.78, 5) is 0. The number of aromatic nitrogens is 2. The predicted molar refractivity (Wildman–Crippen MR) is 86.2 cm³/mol. The number of nitrogens with one attached hydrogen (secondary N) is 1. The molecule has 0 aliphatic heterocycles. The second kappa shape index (κ2) is 7.41. The summed E-state index contributed by atoms with van der Waals surface area (Å²) in [7, 11) is 1.98. The van der Waals surface area contributed by atoms with Crippen LogP contribution >= 0.6 is 0 Å². The molecule has 4 nitrogen and oxygen atoms in total. The molecule has 4 heteroatoms. The Morgan fingerprint density at radius 2 is 2.14 bits per heavy atom. The summed E-state index contributed by atoms with van der Waals surface area (Å²) in [5.41, 5.74) is 1.19. The molecule has 0 radical (unpaired) electrons. The molecule has 1 aliphatic rings. The van der Waals surface area contributed by atoms with Crippen molar-refractivity contribution in [3.05, 3.63) is 18.0 Å². The Balaban J connectivity index is 2.26. The maximum absolute atomic E-state index is 6.34. The van der Waals surface area contributed by atoms with E-state index in [1.54, 1.807) is 0 Å². The number of aryl methyl sites for hydroxylation is 1. The summed E-state index contributed by atoms with van der Waals surface area (Å²) < 4.78 is 8.23. The van der Waals surface area contributed by atoms with Crippen molar-refractivity contribution >= 4 is 0 Å². The van der Waals surface area contributed by atoms with Gasteiger partial charge in [-0.3, -0.25) is 4.68 Å². The average Bonchev–Trinajstić information content (AvgIpc) is 2.89. The van der Waals surface area contributed by atoms with Crippen molar-refractivity contribution in [3.63, 3.8) is 0 Å². The third-order valence-electron chi connectivity index (χ3n) is 4.74. The molecule has 1 aliphatic carbocycles. The molecule has 1 unspecified atom stereocenters. The van der Waals surface area contributed by atoms with Crippen molar-refractivity contribution in [2.24, 2.45) is 13.0 Å². The summed E-state index contributed by atoms with van der Waals surface area (Å²) in [6.07, 6.45) is 10.0. The van der Waals surface area contributed by atoms with E-state index in [4.69, 9.17) is 4.74 Å². The van der Waals surface area contributed by atoms with E-state index < -0.39 is 0 Å². The molecule has 2 rings (SSSR count). The Labute approximate surface area is 129 Å². The van der Waals surface area contributed by atoms with Gasteiger partial charge < -0.3 is 10.1 Å². The monoisotopic (exact) mass is 293 g/mol. The third-order valence-corrected chi connectivity index (χ3v) is 4.74. The molecule has 1 atom stereocenters. The zero-order chi connectivity index (χ0) is 15.3. The van der Waals surface area contributed by atoms with Crippen molar-refractivity contribution in [2.75, 3.05) is 13.2 Å². The van der Waals surface area contributed by atoms with E-state index >= 15 is 0 Å². The van der Waals surface area contributed by atoms with Crippen molar-refractivity contribution in [3.8, 4) is 0 Å². The first kappa shape index (κ1) is 16.5. The van der Waals surface area contributed by atoms with Gasteiger partial charge in [-0.25, -0.2) is 0 Å². The molecule has 0 saturated heterocycles. The lowest BCUT2D eigenvalue weighted by Crippen LogP contribution is -2.48. The largest absolute Gasteiger partial charge is 0.373 e. The van der Waals surface area contributed by atoms with Gasteiger partial charge in [0, 0.05) is 25.4 Å². The highest BCUT2D eigenvalue weighted by Crippen LogP contribution is 2.43. The van der Waals surface area contributed by atoms with Crippen LogP contribution in [0.25, 0.3) is 0 Å². The van der Waals surface area contributed by atoms with Crippen LogP contribution in [-0.4, -0.2) is 28.5 Å². The topological polar surface area (TPSA) is 39.1 Å². The van der Waals surface area contributed by atoms with Crippen molar-refractivity contribution < 1.29 is 4.74 Å². The van der Waals surface area contributed by atoms with E-state index in [1.807, 2.05) is 17.9 Å². The van der Waals surface area contributed by atoms with Crippen LogP contribution in [-0.2, 0) is 11.8 Å². The van der Waals surface area contributed by atoms with Crippen molar-refractivity contribution in [2.45, 2.75) is 64.5 Å². The van der Waals surface area contributed by atoms with Crippen LogP contribution in [0.3, 0.4) is 0 Å². The lowest BCUT2D eigenvalue weighted by atomic mass is 9.73. The van der Waals surface area contributed by atoms with Crippen LogP contribution in [0.5, 0.6) is 0 Å². The second-order valence-electron chi connectivity index (χ2n) is 6.51. The summed E-state index contributed by atoms with van der Waals surface area (Å²) in [6, 6.07) is 0.249. The molecule has 0 amide bonds. The Hall–Kier alpha value is -0.870. The summed E-state index contributed by atoms with van der Waals surface area (Å²) in [5, 5.41) is 8.10. The van der Waals surface area contributed by atoms with Crippen LogP contribution in [0.4, 0.5) is 0 Å². The maximum Gasteiger partial charge on any atom is 0.0877 e. The Kier molecular flexibility index (Phi) is 5.82. The minimum Gasteiger partial charge on any atom is -0.373 e. The molecule has 1 N–H and O–H groups in total. The lowest BCUT2D eigenvalue weighted by Gasteiger charge is -2.45. The molecule has 1 heterocycles. The molecular formula is C17H31N3O. The van der Waals surface area contributed by atoms with Crippen LogP contribution in [0.2, 0.25) is 0 Å². The Bertz CT molecular complexity index is 421. The fraction of sp³-hybridized carbons (Fsp3) is 0.824. The third kappa shape index (κ3) is 3.86. The molecule has 120 valence electrons. The van der Waals surface area contributed by atoms with E-state index in [1.165, 1.54) is 18.4 Å². The van der Waals surface area contributed by atoms with Gasteiger partial charge in [0.25, 0.3) is 0 Å². The fourth-order valence-electron chi connectivity index (χ4n) is 3.54. The summed E-state index contributed by atoms with van der Waals surface area (Å²) in [6.45, 7) is 8.47. The van der Waals surface area contributed by atoms with Gasteiger partial charge in [-0.2, -0.15) is 5.10 Å². The van der Waals surface area contributed by atoms with E-state index in [0.717, 1.165) is 38.3 Å². The van der Waals surface area contributed by atoms with Crippen LogP contribution in [0.15, 0.2) is 12.4 Å². The van der Waals surface area contributed by atoms with Crippen LogP contribution < -0.4 is 5.32 Å². The van der Waals surface area contributed by atoms with E-state index in [9.17, 15) is 0 Å². The minimum absolute atomic E-state index is 0.0700. The van der Waals surface area contributed by atoms with Gasteiger partial charge >= 0.3 is 0 Å². The summed E-state index contributed by atoms with van der Waals surface area (Å²) in [5.74, 6) is 0.819. The summed E-state index contributed by atoms with van der Waals surface area (Å²) >= 11 is 0. The predicted octanol–water partition coefficient (Wildman–Crippen LogP) is 3.45. The molecule has 1 aromatic heterocycles. The highest BCUT2D eigenvalue weighted by molar-refractivity contribution is 5.17. The smallest absolute Gasteiger partial charge is 0.0877 e. The fourth-order valence-corrected chi connectivity index (χ4v) is 3.54. The van der Waals surface area contributed by atoms with E-state index in [-0.39, 0.29) is 11.6 Å². The zero-order valence-electron chi connectivity index (χ0n) is 14.1. The molecule has 0 aromatic carbocycles. The molecule has 0 bridgehead atoms. The first-order chi connectivity index (χ1) is 10.1. The van der Waals surface area contributed by atoms with Gasteiger partial charge in [0.15, 0.2) is 0 Å². The second-order valence-corrected chi connectivity index (χ2v) is 6.51. The van der Waals surface area contributed by atoms with Crippen LogP contribution in [0, 0.1) is 5.92 Å². The van der Waals surface area contributed by atoms with E-state index in [2.05, 4.69) is 37.4 Å². The normalized spacial score (nSPS) is 27.7. The molecule has 21 heavy (non-hydrogen) atoms. The van der Waals surface area contributed by atoms with E-state index in [0.29, 0.717) is 0 Å². The number of rotatable bonds is 7. The quantitative estimate of drug-likeness (QED) is 0.837. The highest BCUT2D eigenvalue weighted by Gasteiger charge is 2.43. The zero-order valence-corrected chi connectivity index (χ0v) is 14.1. The van der Waals surface area contributed by atoms with Gasteiger partial charge in [0.2, 0.25) is 0 Å². The standard InChI is InChI=1S/C17H31N3O/c1-5-11-18-16(15-12-19-20(4)13-15)17(21-6-2)9-7-14(3)8-10-17/h12-14,16,18H,5-11H2,1-4H3. The van der Waals surface area contributed by atoms with Gasteiger partial charge in [0.1, 0.15) is 0 Å². The van der Waals surface area contributed by atoms with Gasteiger partial charge in [-0.05, 0) is 51.5 Å². The average molecular weight is 293 g/mol. The molecule has 1 aromatic rings. The van der Waals surface area contributed by atoms with Crippen molar-refractivity contribution in [1.29, 1.82) is 0 Å². The number of ether oxygens (including phenoxy) is 1. The Morgan fingerprint density at radius 3 is 2.67 bits per heavy atom. The van der Waals surface area contributed by atoms with Gasteiger partial charge in [-0.15, -0.1) is 0 Å². The lowest BCUT2D eigenvalue weighted by molar-refractivity contribution is -0.0975. The number of hydrogen-bond donors (Lipinski definition) is 1. The number of hydrogen-bond acceptors (Lipinski definition) is 3. The Morgan fingerprint density at radius 1 is 1.43 bits per heavy atom. The molecule has 1 fully saturated rings. The number of nitrogens with zero attached hydrogens (tertiary/aromatic N) is 2. The minimum atomic E-state index is -0.0700. The highest BCUT2D eigenvalue weighted by atomic mass is 16.5. The maximum atomic E-state index is 6.34. The first-order valence-electron chi connectivity index (χ1n) is 8.47. The SMILES string of the molecule is CCCNC(c1cnn(C)c1)C1(OCC)CCC(C)CC1. The molecule has 1 saturated carbocycles. The van der Waals surface area contributed by atoms with Gasteiger partial charge in [0.05, 0.1) is 17.8 Å². The molecule has 0 spiro atoms. The van der Waals surface area contributed by atoms with Crippen molar-refractivity contribution in [1.82, 2.24) is 15.1 Å². The van der Waals surface area contributed by atoms with Crippen LogP contribution in [0.1, 0.15) is 64.5 Å². The first-order valence-corrected chi connectivity index (χ1v) is 8.47. The van der Waals surface area contributed by atoms with Gasteiger partial charge in [-0.1, -0.05) is 13.8 Å². The molecular weight excluding hydrogens is 262 g/mol.